The molecule has 0 saturated heterocycles. The maximum Gasteiger partial charge on any atom is 0.0703 e. The van der Waals surface area contributed by atoms with Gasteiger partial charge in [-0.1, -0.05) is 176 Å². The van der Waals surface area contributed by atoms with Crippen molar-refractivity contribution >= 4 is 66.2 Å². The number of benzene rings is 10. The van der Waals surface area contributed by atoms with Gasteiger partial charge in [0, 0.05) is 44.3 Å². The lowest BCUT2D eigenvalue weighted by molar-refractivity contribution is 1.16. The summed E-state index contributed by atoms with van der Waals surface area (Å²) < 4.78 is 4.91. The van der Waals surface area contributed by atoms with E-state index in [2.05, 4.69) is 263 Å². The molecule has 12 rings (SSSR count). The van der Waals surface area contributed by atoms with E-state index in [0.717, 1.165) is 50.4 Å². The van der Waals surface area contributed by atoms with Gasteiger partial charge < -0.3 is 13.9 Å². The van der Waals surface area contributed by atoms with Gasteiger partial charge in [0.1, 0.15) is 0 Å². The molecule has 296 valence electrons. The SMILES string of the molecule is c1ccc(-c2ccc(N(c3ccc(-c4ccccc4)cc3)c3ccc(-c4cccc(-n5c6ccccc6c6cccc7c8ccccc8n(c8ccccc85)c67)c4)cc3)cc2)cc1. The summed E-state index contributed by atoms with van der Waals surface area (Å²) in [6.45, 7) is 0. The van der Waals surface area contributed by atoms with E-state index in [4.69, 9.17) is 0 Å². The van der Waals surface area contributed by atoms with Crippen LogP contribution in [0.5, 0.6) is 0 Å². The maximum atomic E-state index is 2.47. The van der Waals surface area contributed by atoms with Crippen molar-refractivity contribution in [2.75, 3.05) is 4.90 Å². The Hall–Kier alpha value is -8.40. The Labute approximate surface area is 366 Å². The average molecular weight is 804 g/mol. The minimum atomic E-state index is 1.09. The Morgan fingerprint density at radius 1 is 0.254 bits per heavy atom. The van der Waals surface area contributed by atoms with Crippen LogP contribution in [0.1, 0.15) is 0 Å². The van der Waals surface area contributed by atoms with E-state index in [9.17, 15) is 0 Å². The van der Waals surface area contributed by atoms with Crippen LogP contribution in [0.15, 0.2) is 249 Å². The van der Waals surface area contributed by atoms with Crippen LogP contribution >= 0.6 is 0 Å². The highest BCUT2D eigenvalue weighted by atomic mass is 15.1. The first-order valence-electron chi connectivity index (χ1n) is 21.6. The van der Waals surface area contributed by atoms with E-state index >= 15 is 0 Å². The highest BCUT2D eigenvalue weighted by Crippen LogP contribution is 2.40. The Morgan fingerprint density at radius 2 is 0.635 bits per heavy atom. The number of rotatable bonds is 7. The quantitative estimate of drug-likeness (QED) is 0.156. The molecule has 3 heteroatoms. The van der Waals surface area contributed by atoms with E-state index in [1.165, 1.54) is 54.8 Å². The molecule has 0 aliphatic carbocycles. The third-order valence-corrected chi connectivity index (χ3v) is 12.5. The minimum absolute atomic E-state index is 1.09. The van der Waals surface area contributed by atoms with E-state index in [1.54, 1.807) is 0 Å². The van der Waals surface area contributed by atoms with Crippen LogP contribution in [-0.2, 0) is 0 Å². The van der Waals surface area contributed by atoms with Gasteiger partial charge in [0.15, 0.2) is 0 Å². The Kier molecular flexibility index (Phi) is 8.83. The lowest BCUT2D eigenvalue weighted by Crippen LogP contribution is -2.09. The highest BCUT2D eigenvalue weighted by Gasteiger charge is 2.18. The summed E-state index contributed by atoms with van der Waals surface area (Å²) >= 11 is 0. The first kappa shape index (κ1) is 36.5. The Bertz CT molecular complexity index is 3560. The van der Waals surface area contributed by atoms with Crippen molar-refractivity contribution in [2.45, 2.75) is 0 Å². The smallest absolute Gasteiger partial charge is 0.0703 e. The third kappa shape index (κ3) is 6.29. The van der Waals surface area contributed by atoms with Crippen molar-refractivity contribution in [3.63, 3.8) is 0 Å². The zero-order chi connectivity index (χ0) is 41.7. The topological polar surface area (TPSA) is 12.6 Å². The fourth-order valence-corrected chi connectivity index (χ4v) is 9.57. The van der Waals surface area contributed by atoms with Crippen molar-refractivity contribution in [3.05, 3.63) is 249 Å². The number of aromatic nitrogens is 2. The van der Waals surface area contributed by atoms with E-state index in [1.807, 2.05) is 0 Å². The molecule has 3 nitrogen and oxygen atoms in total. The molecule has 63 heavy (non-hydrogen) atoms. The second kappa shape index (κ2) is 15.3. The summed E-state index contributed by atoms with van der Waals surface area (Å²) in [5.41, 5.74) is 17.3. The van der Waals surface area contributed by atoms with Crippen LogP contribution in [0, 0.1) is 0 Å². The van der Waals surface area contributed by atoms with Gasteiger partial charge in [0.25, 0.3) is 0 Å². The molecular formula is C60H41N3. The first-order valence-corrected chi connectivity index (χ1v) is 21.6. The predicted octanol–water partition coefficient (Wildman–Crippen LogP) is 16.4. The summed E-state index contributed by atoms with van der Waals surface area (Å²) in [5, 5.41) is 4.94. The van der Waals surface area contributed by atoms with Gasteiger partial charge in [-0.25, -0.2) is 0 Å². The van der Waals surface area contributed by atoms with Crippen molar-refractivity contribution in [3.8, 4) is 39.1 Å². The number of nitrogens with zero attached hydrogens (tertiary/aromatic N) is 3. The number of anilines is 3. The lowest BCUT2D eigenvalue weighted by Gasteiger charge is -2.26. The van der Waals surface area contributed by atoms with Crippen molar-refractivity contribution < 1.29 is 0 Å². The minimum Gasteiger partial charge on any atom is -0.311 e. The van der Waals surface area contributed by atoms with Crippen molar-refractivity contribution in [2.24, 2.45) is 0 Å². The van der Waals surface area contributed by atoms with E-state index in [-0.39, 0.29) is 0 Å². The molecule has 0 fully saturated rings. The second-order valence-electron chi connectivity index (χ2n) is 16.2. The fraction of sp³-hybridized carbons (Fsp3) is 0. The number of para-hydroxylation sites is 5. The molecule has 2 aromatic heterocycles. The van der Waals surface area contributed by atoms with Crippen molar-refractivity contribution in [1.82, 2.24) is 8.97 Å². The number of hydrogen-bond donors (Lipinski definition) is 0. The maximum absolute atomic E-state index is 2.47. The molecule has 0 unspecified atom stereocenters. The Balaban J connectivity index is 0.991. The van der Waals surface area contributed by atoms with Crippen LogP contribution in [-0.4, -0.2) is 8.97 Å². The first-order chi connectivity index (χ1) is 31.3. The predicted molar refractivity (Wildman–Crippen MR) is 267 cm³/mol. The standard InChI is InChI=1S/C60H41N3/c1-3-15-42(16-4-1)44-29-35-48(36-30-44)61(49-37-31-45(32-38-49)43-17-5-2-6-18-43)50-39-33-46(34-40-50)47-19-13-20-51(41-47)62-56-25-9-7-21-52(56)54-23-14-24-55-53-22-8-10-26-57(53)63(60(54)55)59-28-12-11-27-58(59)62/h1-41H. The molecule has 10 aromatic carbocycles. The molecule has 12 aromatic rings. The normalized spacial score (nSPS) is 11.5. The van der Waals surface area contributed by atoms with Gasteiger partial charge >= 0.3 is 0 Å². The monoisotopic (exact) mass is 803 g/mol. The van der Waals surface area contributed by atoms with Gasteiger partial charge in [-0.15, -0.1) is 0 Å². The van der Waals surface area contributed by atoms with Crippen LogP contribution in [0.3, 0.4) is 0 Å². The summed E-state index contributed by atoms with van der Waals surface area (Å²) in [6, 6.07) is 90.1. The van der Waals surface area contributed by atoms with Gasteiger partial charge in [-0.3, -0.25) is 0 Å². The number of hydrogen-bond acceptors (Lipinski definition) is 1. The van der Waals surface area contributed by atoms with Crippen molar-refractivity contribution in [1.29, 1.82) is 0 Å². The molecule has 0 saturated carbocycles. The Morgan fingerprint density at radius 3 is 1.19 bits per heavy atom. The molecule has 2 heterocycles. The highest BCUT2D eigenvalue weighted by molar-refractivity contribution is 6.20. The number of fused-ring (bicyclic) bond motifs is 7. The van der Waals surface area contributed by atoms with Gasteiger partial charge in [-0.2, -0.15) is 0 Å². The molecule has 0 bridgehead atoms. The fourth-order valence-electron chi connectivity index (χ4n) is 9.57. The van der Waals surface area contributed by atoms with Gasteiger partial charge in [0.2, 0.25) is 0 Å². The van der Waals surface area contributed by atoms with Gasteiger partial charge in [0.05, 0.1) is 27.6 Å². The van der Waals surface area contributed by atoms with Crippen LogP contribution in [0.2, 0.25) is 0 Å². The van der Waals surface area contributed by atoms with Gasteiger partial charge in [-0.05, 0) is 106 Å². The third-order valence-electron chi connectivity index (χ3n) is 12.5. The largest absolute Gasteiger partial charge is 0.311 e. The summed E-state index contributed by atoms with van der Waals surface area (Å²) in [4.78, 5) is 2.34. The molecule has 0 spiro atoms. The van der Waals surface area contributed by atoms with E-state index < -0.39 is 0 Å². The zero-order valence-corrected chi connectivity index (χ0v) is 34.5. The molecule has 0 amide bonds. The summed E-state index contributed by atoms with van der Waals surface area (Å²) in [5.74, 6) is 0. The molecule has 0 radical (unpaired) electrons. The molecule has 0 N–H and O–H groups in total. The summed E-state index contributed by atoms with van der Waals surface area (Å²) in [7, 11) is 0. The zero-order valence-electron chi connectivity index (χ0n) is 34.5. The molecule has 0 aliphatic rings. The van der Waals surface area contributed by atoms with Crippen LogP contribution < -0.4 is 4.90 Å². The van der Waals surface area contributed by atoms with Crippen LogP contribution in [0.25, 0.3) is 88.2 Å². The average Bonchev–Trinajstić information content (AvgIpc) is 3.70. The lowest BCUT2D eigenvalue weighted by atomic mass is 10.0. The molecule has 0 atom stereocenters. The van der Waals surface area contributed by atoms with Crippen LogP contribution in [0.4, 0.5) is 17.1 Å². The molecular weight excluding hydrogens is 763 g/mol. The second-order valence-corrected chi connectivity index (χ2v) is 16.2. The summed E-state index contributed by atoms with van der Waals surface area (Å²) in [6.07, 6.45) is 0. The van der Waals surface area contributed by atoms with E-state index in [0.29, 0.717) is 0 Å². The molecule has 0 aliphatic heterocycles.